The first-order chi connectivity index (χ1) is 17.6. The van der Waals surface area contributed by atoms with Crippen molar-refractivity contribution in [2.24, 2.45) is 22.9 Å². The van der Waals surface area contributed by atoms with Crippen LogP contribution in [0.15, 0.2) is 12.2 Å². The molecular weight excluding hydrogens is 476 g/mol. The molecule has 0 aliphatic heterocycles. The van der Waals surface area contributed by atoms with E-state index in [2.05, 4.69) is 27.8 Å². The van der Waals surface area contributed by atoms with Gasteiger partial charge in [-0.25, -0.2) is 0 Å². The van der Waals surface area contributed by atoms with Crippen LogP contribution < -0.4 is 44.2 Å². The highest BCUT2D eigenvalue weighted by Gasteiger charge is 2.23. The van der Waals surface area contributed by atoms with Crippen molar-refractivity contribution in [1.82, 2.24) is 21.3 Å². The van der Waals surface area contributed by atoms with Crippen LogP contribution in [0.3, 0.4) is 0 Å². The number of unbranched alkanes of at least 4 members (excludes halogenated alkanes) is 3. The van der Waals surface area contributed by atoms with Gasteiger partial charge in [0.05, 0.1) is 12.1 Å². The third kappa shape index (κ3) is 17.5. The molecule has 37 heavy (non-hydrogen) atoms. The van der Waals surface area contributed by atoms with Crippen LogP contribution in [0.2, 0.25) is 0 Å². The lowest BCUT2D eigenvalue weighted by molar-refractivity contribution is -0.129. The Kier molecular flexibility index (Phi) is 20.1. The summed E-state index contributed by atoms with van der Waals surface area (Å²) in [5.41, 5.74) is 23.2. The molecule has 0 saturated carbocycles. The van der Waals surface area contributed by atoms with Crippen molar-refractivity contribution in [3.8, 4) is 0 Å². The highest BCUT2D eigenvalue weighted by Crippen LogP contribution is 2.05. The summed E-state index contributed by atoms with van der Waals surface area (Å²) in [5, 5.41) is 11.1. The number of hydrogen-bond acceptors (Lipinski definition) is 8. The summed E-state index contributed by atoms with van der Waals surface area (Å²) in [5.74, 6) is -1.15. The van der Waals surface area contributed by atoms with Gasteiger partial charge in [-0.05, 0) is 71.4 Å². The van der Waals surface area contributed by atoms with E-state index in [9.17, 15) is 19.2 Å². The van der Waals surface area contributed by atoms with Gasteiger partial charge in [0.2, 0.25) is 23.6 Å². The molecule has 0 rings (SSSR count). The Morgan fingerprint density at radius 2 is 1.14 bits per heavy atom. The van der Waals surface area contributed by atoms with Crippen LogP contribution in [-0.4, -0.2) is 74.5 Å². The molecule has 0 aromatic rings. The topological polar surface area (TPSA) is 220 Å². The van der Waals surface area contributed by atoms with Gasteiger partial charge in [-0.2, -0.15) is 0 Å². The summed E-state index contributed by atoms with van der Waals surface area (Å²) < 4.78 is 0. The van der Waals surface area contributed by atoms with Crippen LogP contribution >= 0.6 is 0 Å². The number of rotatable bonds is 22. The number of nitrogens with two attached hydrogens (primary N) is 4. The third-order valence-corrected chi connectivity index (χ3v) is 5.79. The fourth-order valence-electron chi connectivity index (χ4n) is 3.42. The minimum atomic E-state index is -0.757. The molecule has 0 fully saturated rings. The Morgan fingerprint density at radius 1 is 0.649 bits per heavy atom. The van der Waals surface area contributed by atoms with Gasteiger partial charge in [0.15, 0.2) is 0 Å². The zero-order chi connectivity index (χ0) is 28.1. The van der Waals surface area contributed by atoms with Gasteiger partial charge >= 0.3 is 0 Å². The molecular formula is C25H50N8O4. The van der Waals surface area contributed by atoms with E-state index in [4.69, 9.17) is 22.9 Å². The Balaban J connectivity index is 4.64. The third-order valence-electron chi connectivity index (χ3n) is 5.79. The molecule has 0 spiro atoms. The maximum atomic E-state index is 12.8. The molecule has 214 valence electrons. The minimum absolute atomic E-state index is 0.207. The Hall–Kier alpha value is -2.54. The zero-order valence-corrected chi connectivity index (χ0v) is 22.5. The van der Waals surface area contributed by atoms with Crippen molar-refractivity contribution in [2.75, 3.05) is 32.7 Å². The predicted octanol–water partition coefficient (Wildman–Crippen LogP) is -1.13. The molecule has 12 N–H and O–H groups in total. The maximum Gasteiger partial charge on any atom is 0.246 e. The lowest BCUT2D eigenvalue weighted by Gasteiger charge is -2.21. The van der Waals surface area contributed by atoms with Crippen molar-refractivity contribution in [3.05, 3.63) is 12.2 Å². The number of carbonyl (C=O) groups excluding carboxylic acids is 4. The standard InChI is InChI=1S/C25H50N8O4/c1-18(2)22(34)30-16-9-17-32-25(37)21(33-24(36)20(29)11-4-7-14-27)12-5-8-15-31-23(35)19(28)10-3-6-13-26/h19-21H,1,3-17,26-29H2,2H3,(H,30,34)(H,31,35)(H,32,37)(H,33,36). The molecule has 0 aromatic heterocycles. The van der Waals surface area contributed by atoms with Gasteiger partial charge < -0.3 is 44.2 Å². The van der Waals surface area contributed by atoms with Crippen molar-refractivity contribution in [3.63, 3.8) is 0 Å². The van der Waals surface area contributed by atoms with E-state index < -0.39 is 18.1 Å². The SMILES string of the molecule is C=C(C)C(=O)NCCCNC(=O)C(CCCCNC(=O)C(N)CCCCN)NC(=O)C(N)CCCCN. The Labute approximate surface area is 221 Å². The van der Waals surface area contributed by atoms with Crippen molar-refractivity contribution in [2.45, 2.75) is 89.3 Å². The zero-order valence-electron chi connectivity index (χ0n) is 22.5. The number of hydrogen-bond donors (Lipinski definition) is 8. The Morgan fingerprint density at radius 3 is 1.70 bits per heavy atom. The smallest absolute Gasteiger partial charge is 0.246 e. The summed E-state index contributed by atoms with van der Waals surface area (Å²) >= 11 is 0. The minimum Gasteiger partial charge on any atom is -0.355 e. The van der Waals surface area contributed by atoms with E-state index in [-0.39, 0.29) is 23.6 Å². The van der Waals surface area contributed by atoms with Crippen LogP contribution in [0.4, 0.5) is 0 Å². The molecule has 12 heteroatoms. The van der Waals surface area contributed by atoms with E-state index in [0.717, 1.165) is 25.7 Å². The van der Waals surface area contributed by atoms with Gasteiger partial charge in [0.25, 0.3) is 0 Å². The van der Waals surface area contributed by atoms with E-state index in [1.54, 1.807) is 6.92 Å². The molecule has 0 radical (unpaired) electrons. The largest absolute Gasteiger partial charge is 0.355 e. The molecule has 3 unspecified atom stereocenters. The summed E-state index contributed by atoms with van der Waals surface area (Å²) in [6, 6.07) is -2.04. The highest BCUT2D eigenvalue weighted by molar-refractivity contribution is 5.92. The molecule has 12 nitrogen and oxygen atoms in total. The van der Waals surface area contributed by atoms with Crippen LogP contribution in [0.1, 0.15) is 71.1 Å². The van der Waals surface area contributed by atoms with E-state index in [1.165, 1.54) is 0 Å². The summed E-state index contributed by atoms with van der Waals surface area (Å²) in [4.78, 5) is 48.9. The monoisotopic (exact) mass is 526 g/mol. The van der Waals surface area contributed by atoms with Crippen LogP contribution in [0.25, 0.3) is 0 Å². The average molecular weight is 527 g/mol. The van der Waals surface area contributed by atoms with Crippen LogP contribution in [0, 0.1) is 0 Å². The van der Waals surface area contributed by atoms with Crippen molar-refractivity contribution >= 4 is 23.6 Å². The quantitative estimate of drug-likeness (QED) is 0.0635. The molecule has 3 atom stereocenters. The van der Waals surface area contributed by atoms with Gasteiger partial charge in [-0.15, -0.1) is 0 Å². The molecule has 0 aliphatic rings. The first kappa shape index (κ1) is 34.5. The fraction of sp³-hybridized carbons (Fsp3) is 0.760. The van der Waals surface area contributed by atoms with Crippen molar-refractivity contribution < 1.29 is 19.2 Å². The molecule has 0 heterocycles. The first-order valence-electron chi connectivity index (χ1n) is 13.3. The van der Waals surface area contributed by atoms with Gasteiger partial charge in [0.1, 0.15) is 6.04 Å². The number of carbonyl (C=O) groups is 4. The van der Waals surface area contributed by atoms with Gasteiger partial charge in [-0.3, -0.25) is 19.2 Å². The second kappa shape index (κ2) is 21.5. The van der Waals surface area contributed by atoms with Crippen LogP contribution in [0.5, 0.6) is 0 Å². The van der Waals surface area contributed by atoms with Crippen LogP contribution in [-0.2, 0) is 19.2 Å². The molecule has 0 aromatic carbocycles. The number of amides is 4. The number of nitrogens with one attached hydrogen (secondary N) is 4. The van der Waals surface area contributed by atoms with Gasteiger partial charge in [-0.1, -0.05) is 19.4 Å². The highest BCUT2D eigenvalue weighted by atomic mass is 16.2. The van der Waals surface area contributed by atoms with Gasteiger partial charge in [0, 0.05) is 25.2 Å². The lowest BCUT2D eigenvalue weighted by atomic mass is 10.1. The van der Waals surface area contributed by atoms with E-state index >= 15 is 0 Å². The molecule has 0 bridgehead atoms. The average Bonchev–Trinajstić information content (AvgIpc) is 2.86. The first-order valence-corrected chi connectivity index (χ1v) is 13.3. The normalized spacial score (nSPS) is 13.2. The van der Waals surface area contributed by atoms with Crippen molar-refractivity contribution in [1.29, 1.82) is 0 Å². The fourth-order valence-corrected chi connectivity index (χ4v) is 3.42. The molecule has 0 saturated heterocycles. The van der Waals surface area contributed by atoms with E-state index in [0.29, 0.717) is 76.8 Å². The van der Waals surface area contributed by atoms with E-state index in [1.807, 2.05) is 0 Å². The summed E-state index contributed by atoms with van der Waals surface area (Å²) in [6.45, 7) is 7.45. The summed E-state index contributed by atoms with van der Waals surface area (Å²) in [7, 11) is 0. The maximum absolute atomic E-state index is 12.8. The second-order valence-corrected chi connectivity index (χ2v) is 9.31. The Bertz CT molecular complexity index is 704. The molecule has 0 aliphatic carbocycles. The predicted molar refractivity (Wildman–Crippen MR) is 146 cm³/mol. The molecule has 4 amide bonds. The lowest BCUT2D eigenvalue weighted by Crippen LogP contribution is -2.51. The summed E-state index contributed by atoms with van der Waals surface area (Å²) in [6.07, 6.45) is 6.33. The second-order valence-electron chi connectivity index (χ2n) is 9.31.